The predicted octanol–water partition coefficient (Wildman–Crippen LogP) is 3.49. The number of pyridine rings is 1. The number of aryl methyl sites for hydroxylation is 1. The molecule has 0 amide bonds. The predicted molar refractivity (Wildman–Crippen MR) is 72.6 cm³/mol. The third kappa shape index (κ3) is 3.22. The van der Waals surface area contributed by atoms with E-state index in [-0.39, 0.29) is 4.88 Å². The van der Waals surface area contributed by atoms with Crippen molar-refractivity contribution in [2.45, 2.75) is 17.0 Å². The van der Waals surface area contributed by atoms with Crippen molar-refractivity contribution in [2.75, 3.05) is 0 Å². The van der Waals surface area contributed by atoms with Crippen LogP contribution in [0.5, 0.6) is 0 Å². The lowest BCUT2D eigenvalue weighted by Crippen LogP contribution is -1.94. The molecule has 2 aromatic rings. The van der Waals surface area contributed by atoms with Crippen LogP contribution < -0.4 is 0 Å². The Hall–Kier alpha value is -1.11. The molecule has 1 N–H and O–H groups in total. The van der Waals surface area contributed by atoms with Gasteiger partial charge in [-0.05, 0) is 19.1 Å². The fraction of sp³-hybridized carbons (Fsp3) is 0.182. The van der Waals surface area contributed by atoms with Gasteiger partial charge in [-0.1, -0.05) is 29.4 Å². The summed E-state index contributed by atoms with van der Waals surface area (Å²) in [5.41, 5.74) is 1.39. The van der Waals surface area contributed by atoms with Crippen molar-refractivity contribution in [2.24, 2.45) is 0 Å². The molecule has 2 rings (SSSR count). The van der Waals surface area contributed by atoms with Crippen LogP contribution in [-0.2, 0) is 5.75 Å². The van der Waals surface area contributed by atoms with Crippen molar-refractivity contribution in [1.29, 1.82) is 0 Å². The van der Waals surface area contributed by atoms with Gasteiger partial charge in [0, 0.05) is 5.75 Å². The van der Waals surface area contributed by atoms with Gasteiger partial charge >= 0.3 is 5.97 Å². The molecule has 0 radical (unpaired) electrons. The van der Waals surface area contributed by atoms with Gasteiger partial charge in [0.1, 0.15) is 10.0 Å². The lowest BCUT2D eigenvalue weighted by Gasteiger charge is -1.98. The topological polar surface area (TPSA) is 63.1 Å². The lowest BCUT2D eigenvalue weighted by molar-refractivity contribution is 0.0701. The zero-order valence-electron chi connectivity index (χ0n) is 9.38. The van der Waals surface area contributed by atoms with E-state index in [2.05, 4.69) is 9.97 Å². The summed E-state index contributed by atoms with van der Waals surface area (Å²) in [5, 5.41) is 9.39. The number of thiazole rings is 1. The molecule has 2 heterocycles. The highest BCUT2D eigenvalue weighted by atomic mass is 35.5. The Morgan fingerprint density at radius 1 is 1.50 bits per heavy atom. The van der Waals surface area contributed by atoms with Crippen LogP contribution >= 0.6 is 34.7 Å². The molecule has 94 valence electrons. The Kier molecular flexibility index (Phi) is 4.21. The average Bonchev–Trinajstić information content (AvgIpc) is 2.68. The van der Waals surface area contributed by atoms with Gasteiger partial charge in [0.05, 0.1) is 11.4 Å². The molecular formula is C11H9ClN2O2S2. The zero-order chi connectivity index (χ0) is 13.1. The number of carbonyl (C=O) groups is 1. The first-order valence-corrected chi connectivity index (χ1v) is 7.19. The maximum atomic E-state index is 10.9. The van der Waals surface area contributed by atoms with Gasteiger partial charge in [-0.2, -0.15) is 0 Å². The van der Waals surface area contributed by atoms with Crippen molar-refractivity contribution < 1.29 is 9.90 Å². The van der Waals surface area contributed by atoms with Gasteiger partial charge in [0.25, 0.3) is 0 Å². The van der Waals surface area contributed by atoms with Gasteiger partial charge in [-0.25, -0.2) is 14.8 Å². The molecule has 0 unspecified atom stereocenters. The number of thioether (sulfide) groups is 1. The minimum absolute atomic E-state index is 0.288. The second kappa shape index (κ2) is 5.69. The van der Waals surface area contributed by atoms with Gasteiger partial charge in [-0.3, -0.25) is 0 Å². The number of nitrogens with zero attached hydrogens (tertiary/aromatic N) is 2. The highest BCUT2D eigenvalue weighted by Crippen LogP contribution is 2.29. The quantitative estimate of drug-likeness (QED) is 0.692. The maximum Gasteiger partial charge on any atom is 0.347 e. The van der Waals surface area contributed by atoms with Gasteiger partial charge < -0.3 is 5.11 Å². The Morgan fingerprint density at radius 2 is 2.28 bits per heavy atom. The summed E-state index contributed by atoms with van der Waals surface area (Å²) in [6, 6.07) is 5.42. The van der Waals surface area contributed by atoms with E-state index in [0.717, 1.165) is 10.0 Å². The fourth-order valence-corrected chi connectivity index (χ4v) is 3.41. The van der Waals surface area contributed by atoms with Crippen LogP contribution in [0.15, 0.2) is 22.5 Å². The molecule has 0 aliphatic carbocycles. The van der Waals surface area contributed by atoms with E-state index in [1.54, 1.807) is 13.0 Å². The Balaban J connectivity index is 2.06. The standard InChI is InChI=1S/C11H9ClN2O2S2/c1-6-9(10(15)16)18-11(13-6)17-5-7-3-2-4-8(12)14-7/h2-4H,5H2,1H3,(H,15,16). The van der Waals surface area contributed by atoms with Crippen molar-refractivity contribution in [3.63, 3.8) is 0 Å². The third-order valence-electron chi connectivity index (χ3n) is 2.09. The number of rotatable bonds is 4. The van der Waals surface area contributed by atoms with E-state index >= 15 is 0 Å². The largest absolute Gasteiger partial charge is 0.477 e. The minimum Gasteiger partial charge on any atom is -0.477 e. The molecular weight excluding hydrogens is 292 g/mol. The monoisotopic (exact) mass is 300 g/mol. The molecule has 0 fully saturated rings. The van der Waals surface area contributed by atoms with Crippen LogP contribution in [0.25, 0.3) is 0 Å². The lowest BCUT2D eigenvalue weighted by atomic mass is 10.4. The van der Waals surface area contributed by atoms with Gasteiger partial charge in [0.15, 0.2) is 4.34 Å². The molecule has 18 heavy (non-hydrogen) atoms. The van der Waals surface area contributed by atoms with Crippen LogP contribution in [0.1, 0.15) is 21.1 Å². The molecule has 0 aromatic carbocycles. The number of hydrogen-bond acceptors (Lipinski definition) is 5. The molecule has 0 aliphatic rings. The number of aromatic carboxylic acids is 1. The van der Waals surface area contributed by atoms with Crippen LogP contribution in [0.3, 0.4) is 0 Å². The summed E-state index contributed by atoms with van der Waals surface area (Å²) in [6.45, 7) is 1.70. The SMILES string of the molecule is Cc1nc(SCc2cccc(Cl)n2)sc1C(=O)O. The van der Waals surface area contributed by atoms with Crippen molar-refractivity contribution in [1.82, 2.24) is 9.97 Å². The van der Waals surface area contributed by atoms with E-state index in [1.165, 1.54) is 23.1 Å². The second-order valence-electron chi connectivity index (χ2n) is 3.44. The van der Waals surface area contributed by atoms with E-state index in [4.69, 9.17) is 16.7 Å². The van der Waals surface area contributed by atoms with Crippen LogP contribution in [0.2, 0.25) is 5.15 Å². The molecule has 4 nitrogen and oxygen atoms in total. The van der Waals surface area contributed by atoms with Crippen LogP contribution in [0.4, 0.5) is 0 Å². The zero-order valence-corrected chi connectivity index (χ0v) is 11.8. The molecule has 0 aliphatic heterocycles. The second-order valence-corrected chi connectivity index (χ2v) is 6.05. The summed E-state index contributed by atoms with van der Waals surface area (Å²) in [7, 11) is 0. The highest BCUT2D eigenvalue weighted by molar-refractivity contribution is 8.00. The first-order chi connectivity index (χ1) is 8.56. The number of carboxylic acid groups (broad SMARTS) is 1. The number of carboxylic acids is 1. The average molecular weight is 301 g/mol. The van der Waals surface area contributed by atoms with Crippen LogP contribution in [-0.4, -0.2) is 21.0 Å². The molecule has 2 aromatic heterocycles. The molecule has 7 heteroatoms. The first kappa shape index (κ1) is 13.3. The summed E-state index contributed by atoms with van der Waals surface area (Å²) >= 11 is 8.43. The Labute approximate surface area is 117 Å². The highest BCUT2D eigenvalue weighted by Gasteiger charge is 2.14. The molecule has 0 atom stereocenters. The normalized spacial score (nSPS) is 10.6. The van der Waals surface area contributed by atoms with Gasteiger partial charge in [-0.15, -0.1) is 11.3 Å². The van der Waals surface area contributed by atoms with E-state index in [9.17, 15) is 4.79 Å². The van der Waals surface area contributed by atoms with Crippen molar-refractivity contribution >= 4 is 40.7 Å². The fourth-order valence-electron chi connectivity index (χ4n) is 1.30. The summed E-state index contributed by atoms with van der Waals surface area (Å²) in [4.78, 5) is 19.5. The molecule has 0 spiro atoms. The van der Waals surface area contributed by atoms with Crippen molar-refractivity contribution in [3.8, 4) is 0 Å². The molecule has 0 saturated carbocycles. The smallest absolute Gasteiger partial charge is 0.347 e. The molecule has 0 saturated heterocycles. The summed E-state index contributed by atoms with van der Waals surface area (Å²) in [6.07, 6.45) is 0. The number of hydrogen-bond donors (Lipinski definition) is 1. The number of aromatic nitrogens is 2. The maximum absolute atomic E-state index is 10.9. The van der Waals surface area contributed by atoms with Gasteiger partial charge in [0.2, 0.25) is 0 Å². The minimum atomic E-state index is -0.933. The van der Waals surface area contributed by atoms with Crippen LogP contribution in [0, 0.1) is 6.92 Å². The Bertz CT molecular complexity index is 586. The third-order valence-corrected chi connectivity index (χ3v) is 4.62. The molecule has 0 bridgehead atoms. The van der Waals surface area contributed by atoms with E-state index in [1.807, 2.05) is 12.1 Å². The Morgan fingerprint density at radius 3 is 2.89 bits per heavy atom. The summed E-state index contributed by atoms with van der Waals surface area (Å²) < 4.78 is 0.728. The first-order valence-electron chi connectivity index (χ1n) is 5.01. The summed E-state index contributed by atoms with van der Waals surface area (Å²) in [5.74, 6) is -0.315. The van der Waals surface area contributed by atoms with Crippen molar-refractivity contribution in [3.05, 3.63) is 39.6 Å². The van der Waals surface area contributed by atoms with E-state index in [0.29, 0.717) is 16.6 Å². The van der Waals surface area contributed by atoms with E-state index < -0.39 is 5.97 Å². The number of halogens is 1.